The second-order valence-electron chi connectivity index (χ2n) is 6.09. The van der Waals surface area contributed by atoms with Crippen LogP contribution in [0.4, 0.5) is 0 Å². The Bertz CT molecular complexity index is 860. The molecule has 4 heteroatoms. The van der Waals surface area contributed by atoms with Crippen molar-refractivity contribution in [2.45, 2.75) is 13.3 Å². The van der Waals surface area contributed by atoms with Crippen molar-refractivity contribution < 1.29 is 4.79 Å². The Labute approximate surface area is 136 Å². The van der Waals surface area contributed by atoms with Crippen molar-refractivity contribution in [1.82, 2.24) is 14.5 Å². The highest BCUT2D eigenvalue weighted by molar-refractivity contribution is 5.94. The number of fused-ring (bicyclic) bond motifs is 1. The van der Waals surface area contributed by atoms with Crippen LogP contribution in [0.3, 0.4) is 0 Å². The SMILES string of the molecule is Cc1ccc(-c2c(CC(=O)N(C)C)c3cccnc3n2C)cc1. The fraction of sp³-hybridized carbons (Fsp3) is 0.263. The number of hydrogen-bond acceptors (Lipinski definition) is 2. The van der Waals surface area contributed by atoms with E-state index in [1.807, 2.05) is 19.2 Å². The molecule has 0 bridgehead atoms. The lowest BCUT2D eigenvalue weighted by molar-refractivity contribution is -0.127. The summed E-state index contributed by atoms with van der Waals surface area (Å²) in [6.07, 6.45) is 2.16. The van der Waals surface area contributed by atoms with E-state index >= 15 is 0 Å². The number of aromatic nitrogens is 2. The molecule has 23 heavy (non-hydrogen) atoms. The van der Waals surface area contributed by atoms with Gasteiger partial charge in [-0.1, -0.05) is 29.8 Å². The Morgan fingerprint density at radius 1 is 1.17 bits per heavy atom. The zero-order valence-electron chi connectivity index (χ0n) is 14.0. The second-order valence-corrected chi connectivity index (χ2v) is 6.09. The summed E-state index contributed by atoms with van der Waals surface area (Å²) in [5.41, 5.74) is 5.34. The number of rotatable bonds is 3. The zero-order valence-corrected chi connectivity index (χ0v) is 14.0. The first-order chi connectivity index (χ1) is 11.0. The van der Waals surface area contributed by atoms with E-state index in [1.165, 1.54) is 5.56 Å². The van der Waals surface area contributed by atoms with E-state index in [0.717, 1.165) is 27.9 Å². The van der Waals surface area contributed by atoms with Crippen LogP contribution in [0.25, 0.3) is 22.3 Å². The summed E-state index contributed by atoms with van der Waals surface area (Å²) in [6.45, 7) is 2.07. The molecule has 0 saturated carbocycles. The standard InChI is InChI=1S/C19H21N3O/c1-13-7-9-14(10-8-13)18-16(12-17(23)21(2)3)15-6-5-11-20-19(15)22(18)4/h5-11H,12H2,1-4H3. The Morgan fingerprint density at radius 2 is 1.87 bits per heavy atom. The highest BCUT2D eigenvalue weighted by Gasteiger charge is 2.20. The summed E-state index contributed by atoms with van der Waals surface area (Å²) < 4.78 is 2.08. The first-order valence-electron chi connectivity index (χ1n) is 7.68. The van der Waals surface area contributed by atoms with Crippen molar-refractivity contribution in [2.75, 3.05) is 14.1 Å². The van der Waals surface area contributed by atoms with E-state index in [-0.39, 0.29) is 5.91 Å². The molecule has 4 nitrogen and oxygen atoms in total. The van der Waals surface area contributed by atoms with Crippen LogP contribution in [-0.4, -0.2) is 34.5 Å². The number of pyridine rings is 1. The van der Waals surface area contributed by atoms with Gasteiger partial charge in [-0.15, -0.1) is 0 Å². The first kappa shape index (κ1) is 15.3. The molecule has 0 aliphatic heterocycles. The summed E-state index contributed by atoms with van der Waals surface area (Å²) in [4.78, 5) is 18.4. The topological polar surface area (TPSA) is 38.1 Å². The minimum Gasteiger partial charge on any atom is -0.349 e. The lowest BCUT2D eigenvalue weighted by Gasteiger charge is -2.12. The van der Waals surface area contributed by atoms with Gasteiger partial charge in [0.1, 0.15) is 5.65 Å². The van der Waals surface area contributed by atoms with Crippen LogP contribution in [-0.2, 0) is 18.3 Å². The smallest absolute Gasteiger partial charge is 0.226 e. The lowest BCUT2D eigenvalue weighted by Crippen LogP contribution is -2.23. The van der Waals surface area contributed by atoms with Crippen molar-refractivity contribution in [3.63, 3.8) is 0 Å². The largest absolute Gasteiger partial charge is 0.349 e. The normalized spacial score (nSPS) is 11.0. The number of amides is 1. The zero-order chi connectivity index (χ0) is 16.6. The molecule has 1 aromatic carbocycles. The summed E-state index contributed by atoms with van der Waals surface area (Å²) in [6, 6.07) is 12.4. The maximum Gasteiger partial charge on any atom is 0.226 e. The third-order valence-corrected chi connectivity index (χ3v) is 4.20. The molecular weight excluding hydrogens is 286 g/mol. The Balaban J connectivity index is 2.24. The van der Waals surface area contributed by atoms with Gasteiger partial charge in [-0.2, -0.15) is 0 Å². The quantitative estimate of drug-likeness (QED) is 0.745. The molecule has 2 heterocycles. The van der Waals surface area contributed by atoms with E-state index in [9.17, 15) is 4.79 Å². The molecule has 2 aromatic heterocycles. The third kappa shape index (κ3) is 2.72. The molecule has 0 aliphatic rings. The van der Waals surface area contributed by atoms with Gasteiger partial charge in [-0.05, 0) is 30.2 Å². The van der Waals surface area contributed by atoms with Crippen molar-refractivity contribution in [2.24, 2.45) is 7.05 Å². The maximum atomic E-state index is 12.3. The van der Waals surface area contributed by atoms with Gasteiger partial charge in [-0.3, -0.25) is 4.79 Å². The van der Waals surface area contributed by atoms with Crippen molar-refractivity contribution in [3.8, 4) is 11.3 Å². The number of carbonyl (C=O) groups excluding carboxylic acids is 1. The second kappa shape index (κ2) is 5.88. The molecule has 0 spiro atoms. The highest BCUT2D eigenvalue weighted by Crippen LogP contribution is 2.32. The molecule has 1 amide bonds. The number of aryl methyl sites for hydroxylation is 2. The van der Waals surface area contributed by atoms with Crippen LogP contribution in [0.5, 0.6) is 0 Å². The van der Waals surface area contributed by atoms with Crippen LogP contribution in [0.15, 0.2) is 42.6 Å². The molecule has 0 N–H and O–H groups in total. The number of hydrogen-bond donors (Lipinski definition) is 0. The van der Waals surface area contributed by atoms with E-state index < -0.39 is 0 Å². The van der Waals surface area contributed by atoms with Crippen molar-refractivity contribution >= 4 is 16.9 Å². The molecule has 0 saturated heterocycles. The maximum absolute atomic E-state index is 12.3. The summed E-state index contributed by atoms with van der Waals surface area (Å²) in [5, 5.41) is 1.04. The first-order valence-corrected chi connectivity index (χ1v) is 7.68. The van der Waals surface area contributed by atoms with E-state index in [0.29, 0.717) is 6.42 Å². The Kier molecular flexibility index (Phi) is 3.90. The molecular formula is C19H21N3O. The van der Waals surface area contributed by atoms with E-state index in [1.54, 1.807) is 25.2 Å². The van der Waals surface area contributed by atoms with Gasteiger partial charge in [0.15, 0.2) is 0 Å². The van der Waals surface area contributed by atoms with Crippen LogP contribution >= 0.6 is 0 Å². The summed E-state index contributed by atoms with van der Waals surface area (Å²) in [7, 11) is 5.59. The fourth-order valence-electron chi connectivity index (χ4n) is 2.90. The van der Waals surface area contributed by atoms with Crippen LogP contribution in [0.1, 0.15) is 11.1 Å². The molecule has 0 aliphatic carbocycles. The molecule has 3 rings (SSSR count). The molecule has 3 aromatic rings. The van der Waals surface area contributed by atoms with Gasteiger partial charge >= 0.3 is 0 Å². The monoisotopic (exact) mass is 307 g/mol. The molecule has 118 valence electrons. The van der Waals surface area contributed by atoms with Crippen LogP contribution in [0, 0.1) is 6.92 Å². The Hall–Kier alpha value is -2.62. The van der Waals surface area contributed by atoms with Gasteiger partial charge in [0.25, 0.3) is 0 Å². The van der Waals surface area contributed by atoms with Crippen molar-refractivity contribution in [3.05, 3.63) is 53.7 Å². The Morgan fingerprint density at radius 3 is 2.52 bits per heavy atom. The van der Waals surface area contributed by atoms with E-state index in [4.69, 9.17) is 0 Å². The lowest BCUT2D eigenvalue weighted by atomic mass is 10.0. The highest BCUT2D eigenvalue weighted by atomic mass is 16.2. The van der Waals surface area contributed by atoms with Gasteiger partial charge in [0.2, 0.25) is 5.91 Å². The van der Waals surface area contributed by atoms with Gasteiger partial charge in [0.05, 0.1) is 12.1 Å². The van der Waals surface area contributed by atoms with E-state index in [2.05, 4.69) is 40.7 Å². The van der Waals surface area contributed by atoms with Gasteiger partial charge < -0.3 is 9.47 Å². The minimum atomic E-state index is 0.0923. The summed E-state index contributed by atoms with van der Waals surface area (Å²) in [5.74, 6) is 0.0923. The minimum absolute atomic E-state index is 0.0923. The van der Waals surface area contributed by atoms with Crippen LogP contribution < -0.4 is 0 Å². The fourth-order valence-corrected chi connectivity index (χ4v) is 2.90. The van der Waals surface area contributed by atoms with Gasteiger partial charge in [0, 0.05) is 32.7 Å². The molecule has 0 unspecified atom stereocenters. The van der Waals surface area contributed by atoms with Gasteiger partial charge in [-0.25, -0.2) is 4.98 Å². The third-order valence-electron chi connectivity index (χ3n) is 4.20. The predicted molar refractivity (Wildman–Crippen MR) is 93.3 cm³/mol. The average Bonchev–Trinajstić information content (AvgIpc) is 2.81. The van der Waals surface area contributed by atoms with Crippen molar-refractivity contribution in [1.29, 1.82) is 0 Å². The molecule has 0 atom stereocenters. The number of likely N-dealkylation sites (N-methyl/N-ethyl adjacent to an activating group) is 1. The van der Waals surface area contributed by atoms with Crippen LogP contribution in [0.2, 0.25) is 0 Å². The summed E-state index contributed by atoms with van der Waals surface area (Å²) >= 11 is 0. The number of nitrogens with zero attached hydrogens (tertiary/aromatic N) is 3. The molecule has 0 fully saturated rings. The number of carbonyl (C=O) groups is 1. The molecule has 0 radical (unpaired) electrons. The number of benzene rings is 1. The predicted octanol–water partition coefficient (Wildman–Crippen LogP) is 3.18. The average molecular weight is 307 g/mol.